The highest BCUT2D eigenvalue weighted by molar-refractivity contribution is 7.51. The Kier molecular flexibility index (Phi) is 3.26. The average molecular weight is 291 g/mol. The van der Waals surface area contributed by atoms with Crippen molar-refractivity contribution in [2.45, 2.75) is 0 Å². The summed E-state index contributed by atoms with van der Waals surface area (Å²) in [7, 11) is -4.04. The molecule has 0 aromatic heterocycles. The van der Waals surface area contributed by atoms with E-state index in [1.165, 1.54) is 0 Å². The van der Waals surface area contributed by atoms with Gasteiger partial charge >= 0.3 is 7.60 Å². The summed E-state index contributed by atoms with van der Waals surface area (Å²) in [6.07, 6.45) is -0.199. The van der Waals surface area contributed by atoms with Crippen LogP contribution in [0, 0.1) is 0 Å². The van der Waals surface area contributed by atoms with Crippen molar-refractivity contribution in [2.24, 2.45) is 0 Å². The van der Waals surface area contributed by atoms with Crippen LogP contribution in [0.3, 0.4) is 0 Å². The zero-order valence-corrected chi connectivity index (χ0v) is 11.5. The molecule has 0 radical (unpaired) electrons. The van der Waals surface area contributed by atoms with E-state index in [9.17, 15) is 4.57 Å². The van der Waals surface area contributed by atoms with Crippen LogP contribution in [-0.4, -0.2) is 22.5 Å². The number of hydrogen-bond acceptors (Lipinski definition) is 3. The highest BCUT2D eigenvalue weighted by atomic mass is 31.2. The molecule has 0 bridgehead atoms. The maximum absolute atomic E-state index is 11.1. The highest BCUT2D eigenvalue weighted by Crippen LogP contribution is 2.47. The predicted molar refractivity (Wildman–Crippen MR) is 76.9 cm³/mol. The van der Waals surface area contributed by atoms with Gasteiger partial charge in [-0.3, -0.25) is 4.57 Å². The fourth-order valence-electron chi connectivity index (χ4n) is 2.25. The number of fused-ring (bicyclic) bond motifs is 2. The zero-order chi connectivity index (χ0) is 14.2. The first-order valence-electron chi connectivity index (χ1n) is 6.23. The molecule has 20 heavy (non-hydrogen) atoms. The Balaban J connectivity index is 2.01. The Labute approximate surface area is 116 Å². The van der Waals surface area contributed by atoms with Gasteiger partial charge in [0.15, 0.2) is 11.5 Å². The largest absolute Gasteiger partial charge is 0.453 e. The van der Waals surface area contributed by atoms with Crippen LogP contribution in [0.25, 0.3) is 0 Å². The first-order valence-corrected chi connectivity index (χ1v) is 8.02. The normalized spacial score (nSPS) is 13.4. The molecule has 2 aromatic carbocycles. The summed E-state index contributed by atoms with van der Waals surface area (Å²) >= 11 is 0. The number of ether oxygens (including phenoxy) is 1. The molecule has 0 fully saturated rings. The lowest BCUT2D eigenvalue weighted by Gasteiger charge is -2.32. The molecule has 3 rings (SSSR count). The minimum Gasteiger partial charge on any atom is -0.453 e. The Bertz CT molecular complexity index is 637. The molecule has 0 aliphatic carbocycles. The summed E-state index contributed by atoms with van der Waals surface area (Å²) < 4.78 is 16.9. The van der Waals surface area contributed by atoms with E-state index in [-0.39, 0.29) is 12.7 Å². The molecule has 2 N–H and O–H groups in total. The van der Waals surface area contributed by atoms with E-state index < -0.39 is 7.60 Å². The third-order valence-electron chi connectivity index (χ3n) is 3.15. The fourth-order valence-corrected chi connectivity index (χ4v) is 2.71. The minimum absolute atomic E-state index is 0.199. The van der Waals surface area contributed by atoms with Gasteiger partial charge in [0.1, 0.15) is 0 Å². The zero-order valence-electron chi connectivity index (χ0n) is 10.6. The molecule has 6 heteroatoms. The molecule has 0 amide bonds. The summed E-state index contributed by atoms with van der Waals surface area (Å²) in [5.41, 5.74) is 1.64. The number of rotatable bonds is 3. The quantitative estimate of drug-likeness (QED) is 0.850. The summed E-state index contributed by atoms with van der Waals surface area (Å²) in [5, 5.41) is 0. The molecular weight excluding hydrogens is 277 g/mol. The topological polar surface area (TPSA) is 70.0 Å². The summed E-state index contributed by atoms with van der Waals surface area (Å²) in [4.78, 5) is 20.1. The standard InChI is InChI=1S/C14H14NO4P/c16-20(17,18)10-9-15-11-5-1-3-7-13(11)19-14-8-4-2-6-12(14)15/h1-8H,9-10H2,(H2,16,17,18). The third kappa shape index (κ3) is 2.56. The monoisotopic (exact) mass is 291 g/mol. The molecule has 0 spiro atoms. The van der Waals surface area contributed by atoms with E-state index in [2.05, 4.69) is 0 Å². The smallest absolute Gasteiger partial charge is 0.327 e. The van der Waals surface area contributed by atoms with Crippen LogP contribution < -0.4 is 9.64 Å². The van der Waals surface area contributed by atoms with Crippen molar-refractivity contribution in [3.05, 3.63) is 48.5 Å². The minimum atomic E-state index is -4.04. The number of anilines is 2. The second kappa shape index (κ2) is 4.94. The maximum Gasteiger partial charge on any atom is 0.327 e. The van der Waals surface area contributed by atoms with Crippen molar-refractivity contribution >= 4 is 19.0 Å². The second-order valence-electron chi connectivity index (χ2n) is 4.58. The van der Waals surface area contributed by atoms with Gasteiger partial charge in [-0.15, -0.1) is 0 Å². The molecule has 0 atom stereocenters. The van der Waals surface area contributed by atoms with Gasteiger partial charge < -0.3 is 19.4 Å². The van der Waals surface area contributed by atoms with Crippen LogP contribution in [-0.2, 0) is 4.57 Å². The summed E-state index contributed by atoms with van der Waals surface area (Å²) in [5.74, 6) is 1.38. The second-order valence-corrected chi connectivity index (χ2v) is 6.35. The van der Waals surface area contributed by atoms with Gasteiger partial charge in [-0.05, 0) is 24.3 Å². The highest BCUT2D eigenvalue weighted by Gasteiger charge is 2.25. The van der Waals surface area contributed by atoms with Crippen molar-refractivity contribution in [3.8, 4) is 11.5 Å². The van der Waals surface area contributed by atoms with Crippen LogP contribution in [0.1, 0.15) is 0 Å². The summed E-state index contributed by atoms with van der Waals surface area (Å²) in [6, 6.07) is 14.9. The Morgan fingerprint density at radius 1 is 0.950 bits per heavy atom. The molecule has 104 valence electrons. The number of para-hydroxylation sites is 4. The van der Waals surface area contributed by atoms with Gasteiger partial charge in [-0.25, -0.2) is 0 Å². The lowest BCUT2D eigenvalue weighted by molar-refractivity contribution is 0.373. The van der Waals surface area contributed by atoms with Gasteiger partial charge in [-0.1, -0.05) is 24.3 Å². The predicted octanol–water partition coefficient (Wildman–Crippen LogP) is 3.11. The van der Waals surface area contributed by atoms with E-state index >= 15 is 0 Å². The van der Waals surface area contributed by atoms with Crippen LogP contribution in [0.2, 0.25) is 0 Å². The first kappa shape index (κ1) is 13.2. The molecule has 1 aliphatic heterocycles. The van der Waals surface area contributed by atoms with Crippen LogP contribution >= 0.6 is 7.60 Å². The molecule has 0 saturated carbocycles. The van der Waals surface area contributed by atoms with Crippen LogP contribution in [0.15, 0.2) is 48.5 Å². The molecular formula is C14H14NO4P. The van der Waals surface area contributed by atoms with E-state index in [0.717, 1.165) is 11.4 Å². The van der Waals surface area contributed by atoms with Crippen LogP contribution in [0.4, 0.5) is 11.4 Å². The van der Waals surface area contributed by atoms with Gasteiger partial charge in [-0.2, -0.15) is 0 Å². The lowest BCUT2D eigenvalue weighted by atomic mass is 10.1. The summed E-state index contributed by atoms with van der Waals surface area (Å²) in [6.45, 7) is 0.238. The van der Waals surface area contributed by atoms with E-state index in [4.69, 9.17) is 14.5 Å². The van der Waals surface area contributed by atoms with Gasteiger partial charge in [0.05, 0.1) is 17.5 Å². The maximum atomic E-state index is 11.1. The third-order valence-corrected chi connectivity index (χ3v) is 3.93. The van der Waals surface area contributed by atoms with Crippen molar-refractivity contribution in [2.75, 3.05) is 17.6 Å². The van der Waals surface area contributed by atoms with Crippen molar-refractivity contribution in [3.63, 3.8) is 0 Å². The number of hydrogen-bond donors (Lipinski definition) is 2. The molecule has 0 unspecified atom stereocenters. The first-order chi connectivity index (χ1) is 9.54. The lowest BCUT2D eigenvalue weighted by Crippen LogP contribution is -2.24. The molecule has 5 nitrogen and oxygen atoms in total. The number of benzene rings is 2. The fraction of sp³-hybridized carbons (Fsp3) is 0.143. The van der Waals surface area contributed by atoms with Gasteiger partial charge in [0.25, 0.3) is 0 Å². The Morgan fingerprint density at radius 3 is 1.95 bits per heavy atom. The van der Waals surface area contributed by atoms with Gasteiger partial charge in [0, 0.05) is 6.54 Å². The molecule has 0 saturated heterocycles. The van der Waals surface area contributed by atoms with Crippen molar-refractivity contribution < 1.29 is 19.1 Å². The molecule has 2 aromatic rings. The number of nitrogens with zero attached hydrogens (tertiary/aromatic N) is 1. The van der Waals surface area contributed by atoms with E-state index in [0.29, 0.717) is 11.5 Å². The Morgan fingerprint density at radius 2 is 1.45 bits per heavy atom. The SMILES string of the molecule is O=P(O)(O)CCN1c2ccccc2Oc2ccccc21. The van der Waals surface area contributed by atoms with Crippen molar-refractivity contribution in [1.82, 2.24) is 0 Å². The molecule has 1 aliphatic rings. The van der Waals surface area contributed by atoms with Crippen LogP contribution in [0.5, 0.6) is 11.5 Å². The Hall–Kier alpha value is -1.81. The molecule has 1 heterocycles. The van der Waals surface area contributed by atoms with Crippen molar-refractivity contribution in [1.29, 1.82) is 0 Å². The average Bonchev–Trinajstić information content (AvgIpc) is 2.42. The van der Waals surface area contributed by atoms with Gasteiger partial charge in [0.2, 0.25) is 0 Å². The van der Waals surface area contributed by atoms with E-state index in [1.54, 1.807) is 0 Å². The van der Waals surface area contributed by atoms with E-state index in [1.807, 2.05) is 53.4 Å².